The Morgan fingerprint density at radius 3 is 2.91 bits per heavy atom. The van der Waals surface area contributed by atoms with Crippen molar-refractivity contribution >= 4 is 5.52 Å². The molecule has 0 fully saturated rings. The number of aliphatic hydroxyl groups is 1. The fourth-order valence-corrected chi connectivity index (χ4v) is 1.24. The number of hydrogen-bond donors (Lipinski definition) is 1. The van der Waals surface area contributed by atoms with Gasteiger partial charge >= 0.3 is 0 Å². The van der Waals surface area contributed by atoms with Crippen LogP contribution in [0.5, 0.6) is 0 Å². The van der Waals surface area contributed by atoms with Crippen molar-refractivity contribution in [1.82, 2.24) is 4.40 Å². The molecule has 0 aliphatic heterocycles. The maximum absolute atomic E-state index is 8.90. The quantitative estimate of drug-likeness (QED) is 0.648. The molecule has 0 atom stereocenters. The van der Waals surface area contributed by atoms with Crippen molar-refractivity contribution in [2.45, 2.75) is 6.61 Å². The van der Waals surface area contributed by atoms with Gasteiger partial charge in [0, 0.05) is 17.4 Å². The molecule has 2 aromatic heterocycles. The highest BCUT2D eigenvalue weighted by molar-refractivity contribution is 5.49. The molecular formula is C9H9NO. The summed E-state index contributed by atoms with van der Waals surface area (Å²) in [6.45, 7) is 0.0954. The summed E-state index contributed by atoms with van der Waals surface area (Å²) in [5.41, 5.74) is 2.05. The van der Waals surface area contributed by atoms with Crippen molar-refractivity contribution in [1.29, 1.82) is 0 Å². The highest BCUT2D eigenvalue weighted by Crippen LogP contribution is 2.08. The Bertz CT molecular complexity index is 364. The van der Waals surface area contributed by atoms with Gasteiger partial charge in [0.25, 0.3) is 0 Å². The van der Waals surface area contributed by atoms with E-state index in [2.05, 4.69) is 0 Å². The van der Waals surface area contributed by atoms with E-state index in [1.54, 1.807) is 0 Å². The molecule has 2 rings (SSSR count). The molecule has 0 unspecified atom stereocenters. The average molecular weight is 147 g/mol. The molecule has 1 N–H and O–H groups in total. The molecule has 2 aromatic rings. The zero-order chi connectivity index (χ0) is 7.68. The first-order valence-electron chi connectivity index (χ1n) is 3.57. The maximum Gasteiger partial charge on any atom is 0.0836 e. The molecule has 0 bridgehead atoms. The van der Waals surface area contributed by atoms with Crippen molar-refractivity contribution < 1.29 is 5.11 Å². The summed E-state index contributed by atoms with van der Waals surface area (Å²) < 4.78 is 1.97. The van der Waals surface area contributed by atoms with Crippen LogP contribution in [-0.2, 0) is 6.61 Å². The van der Waals surface area contributed by atoms with Gasteiger partial charge in [0.05, 0.1) is 6.61 Å². The van der Waals surface area contributed by atoms with Crippen LogP contribution < -0.4 is 0 Å². The van der Waals surface area contributed by atoms with Gasteiger partial charge in [-0.25, -0.2) is 0 Å². The molecule has 0 aliphatic carbocycles. The van der Waals surface area contributed by atoms with Gasteiger partial charge in [0.1, 0.15) is 0 Å². The lowest BCUT2D eigenvalue weighted by molar-refractivity contribution is 0.276. The molecule has 2 heteroatoms. The molecule has 0 spiro atoms. The third-order valence-electron chi connectivity index (χ3n) is 1.81. The summed E-state index contributed by atoms with van der Waals surface area (Å²) >= 11 is 0. The van der Waals surface area contributed by atoms with E-state index in [-0.39, 0.29) is 6.61 Å². The third kappa shape index (κ3) is 0.917. The zero-order valence-corrected chi connectivity index (χ0v) is 6.07. The molecule has 0 amide bonds. The smallest absolute Gasteiger partial charge is 0.0836 e. The molecule has 0 radical (unpaired) electrons. The summed E-state index contributed by atoms with van der Waals surface area (Å²) in [7, 11) is 0. The van der Waals surface area contributed by atoms with Gasteiger partial charge in [-0.05, 0) is 24.3 Å². The first-order chi connectivity index (χ1) is 5.42. The van der Waals surface area contributed by atoms with Crippen LogP contribution in [0.4, 0.5) is 0 Å². The highest BCUT2D eigenvalue weighted by Gasteiger charge is 1.96. The van der Waals surface area contributed by atoms with Crippen LogP contribution in [0.15, 0.2) is 36.5 Å². The lowest BCUT2D eigenvalue weighted by atomic mass is 10.4. The van der Waals surface area contributed by atoms with Gasteiger partial charge in [-0.15, -0.1) is 0 Å². The Labute approximate surface area is 64.7 Å². The molecule has 0 aliphatic rings. The fourth-order valence-electron chi connectivity index (χ4n) is 1.24. The minimum Gasteiger partial charge on any atom is -0.390 e. The number of rotatable bonds is 1. The van der Waals surface area contributed by atoms with E-state index in [1.165, 1.54) is 0 Å². The summed E-state index contributed by atoms with van der Waals surface area (Å²) in [6.07, 6.45) is 1.95. The van der Waals surface area contributed by atoms with Gasteiger partial charge in [0.2, 0.25) is 0 Å². The van der Waals surface area contributed by atoms with Crippen LogP contribution in [-0.4, -0.2) is 9.51 Å². The molecule has 2 heterocycles. The minimum atomic E-state index is 0.0954. The highest BCUT2D eigenvalue weighted by atomic mass is 16.3. The Kier molecular flexibility index (Phi) is 1.40. The Hall–Kier alpha value is -1.28. The predicted octanol–water partition coefficient (Wildman–Crippen LogP) is 1.43. The van der Waals surface area contributed by atoms with E-state index in [0.717, 1.165) is 11.2 Å². The Morgan fingerprint density at radius 1 is 1.18 bits per heavy atom. The van der Waals surface area contributed by atoms with E-state index in [0.29, 0.717) is 0 Å². The van der Waals surface area contributed by atoms with E-state index in [9.17, 15) is 0 Å². The van der Waals surface area contributed by atoms with Gasteiger partial charge in [-0.1, -0.05) is 6.07 Å². The molecular weight excluding hydrogens is 138 g/mol. The number of aromatic nitrogens is 1. The molecule has 0 aromatic carbocycles. The molecule has 0 saturated heterocycles. The second-order valence-electron chi connectivity index (χ2n) is 2.48. The van der Waals surface area contributed by atoms with Crippen LogP contribution in [0.2, 0.25) is 0 Å². The standard InChI is InChI=1S/C9H9NO/c11-7-9-5-4-8-3-1-2-6-10(8)9/h1-6,11H,7H2. The molecule has 56 valence electrons. The normalized spacial score (nSPS) is 10.6. The van der Waals surface area contributed by atoms with Gasteiger partial charge in [-0.2, -0.15) is 0 Å². The Balaban J connectivity index is 2.76. The number of aliphatic hydroxyl groups excluding tert-OH is 1. The van der Waals surface area contributed by atoms with Gasteiger partial charge in [-0.3, -0.25) is 0 Å². The molecule has 2 nitrogen and oxygen atoms in total. The van der Waals surface area contributed by atoms with E-state index in [1.807, 2.05) is 40.9 Å². The van der Waals surface area contributed by atoms with Crippen molar-refractivity contribution in [3.05, 3.63) is 42.2 Å². The number of fused-ring (bicyclic) bond motifs is 1. The summed E-state index contributed by atoms with van der Waals surface area (Å²) in [4.78, 5) is 0. The SMILES string of the molecule is OCc1ccc2ccccn12. The zero-order valence-electron chi connectivity index (χ0n) is 6.07. The summed E-state index contributed by atoms with van der Waals surface area (Å²) in [5.74, 6) is 0. The van der Waals surface area contributed by atoms with Gasteiger partial charge < -0.3 is 9.51 Å². The van der Waals surface area contributed by atoms with E-state index in [4.69, 9.17) is 5.11 Å². The fraction of sp³-hybridized carbons (Fsp3) is 0.111. The van der Waals surface area contributed by atoms with Crippen LogP contribution in [0.1, 0.15) is 5.69 Å². The van der Waals surface area contributed by atoms with Crippen LogP contribution >= 0.6 is 0 Å². The van der Waals surface area contributed by atoms with Gasteiger partial charge in [0.15, 0.2) is 0 Å². The lowest BCUT2D eigenvalue weighted by Crippen LogP contribution is -1.89. The average Bonchev–Trinajstić information content (AvgIpc) is 2.47. The third-order valence-corrected chi connectivity index (χ3v) is 1.81. The second-order valence-corrected chi connectivity index (χ2v) is 2.48. The number of nitrogens with zero attached hydrogens (tertiary/aromatic N) is 1. The van der Waals surface area contributed by atoms with Crippen molar-refractivity contribution in [2.75, 3.05) is 0 Å². The predicted molar refractivity (Wildman–Crippen MR) is 43.3 cm³/mol. The van der Waals surface area contributed by atoms with Crippen LogP contribution in [0, 0.1) is 0 Å². The van der Waals surface area contributed by atoms with E-state index < -0.39 is 0 Å². The first-order valence-corrected chi connectivity index (χ1v) is 3.57. The molecule has 11 heavy (non-hydrogen) atoms. The summed E-state index contributed by atoms with van der Waals surface area (Å²) in [6, 6.07) is 9.86. The monoisotopic (exact) mass is 147 g/mol. The number of pyridine rings is 1. The van der Waals surface area contributed by atoms with Crippen molar-refractivity contribution in [3.8, 4) is 0 Å². The minimum absolute atomic E-state index is 0.0954. The largest absolute Gasteiger partial charge is 0.390 e. The van der Waals surface area contributed by atoms with Crippen molar-refractivity contribution in [3.63, 3.8) is 0 Å². The first kappa shape index (κ1) is 6.43. The lowest BCUT2D eigenvalue weighted by Gasteiger charge is -1.96. The maximum atomic E-state index is 8.90. The van der Waals surface area contributed by atoms with E-state index >= 15 is 0 Å². The Morgan fingerprint density at radius 2 is 2.09 bits per heavy atom. The topological polar surface area (TPSA) is 24.6 Å². The van der Waals surface area contributed by atoms with Crippen LogP contribution in [0.25, 0.3) is 5.52 Å². The van der Waals surface area contributed by atoms with Crippen molar-refractivity contribution in [2.24, 2.45) is 0 Å². The number of hydrogen-bond acceptors (Lipinski definition) is 1. The van der Waals surface area contributed by atoms with Crippen LogP contribution in [0.3, 0.4) is 0 Å². The molecule has 0 saturated carbocycles. The second kappa shape index (κ2) is 2.40. The summed E-state index contributed by atoms with van der Waals surface area (Å²) in [5, 5.41) is 8.90.